The molecule has 0 aromatic carbocycles. The van der Waals surface area contributed by atoms with Crippen molar-refractivity contribution in [3.05, 3.63) is 72.9 Å². The van der Waals surface area contributed by atoms with Crippen molar-refractivity contribution in [2.24, 2.45) is 0 Å². The summed E-state index contributed by atoms with van der Waals surface area (Å²) in [4.78, 5) is 35.7. The fourth-order valence-corrected chi connectivity index (χ4v) is 7.65. The molecule has 1 aliphatic rings. The lowest BCUT2D eigenvalue weighted by molar-refractivity contribution is -0.220. The van der Waals surface area contributed by atoms with Crippen LogP contribution < -0.4 is 0 Å². The normalized spacial score (nSPS) is 22.7. The van der Waals surface area contributed by atoms with Crippen LogP contribution in [0, 0.1) is 0 Å². The lowest BCUT2D eigenvalue weighted by atomic mass is 9.85. The Balaban J connectivity index is 2.50. The molecule has 1 rings (SSSR count). The molecule has 64 heavy (non-hydrogen) atoms. The fraction of sp³-hybridized carbons (Fsp3) is 0.714. The number of allylic oxidation sites excluding steroid dienone is 11. The van der Waals surface area contributed by atoms with E-state index in [1.165, 1.54) is 38.5 Å². The molecular formula is C49H83O14P. The second kappa shape index (κ2) is 38.4. The second-order valence-electron chi connectivity index (χ2n) is 16.4. The zero-order valence-corrected chi connectivity index (χ0v) is 39.6. The van der Waals surface area contributed by atoms with E-state index in [0.717, 1.165) is 70.6 Å². The van der Waals surface area contributed by atoms with Crippen LogP contribution in [0.15, 0.2) is 72.9 Å². The molecule has 1 fully saturated rings. The molecule has 1 aliphatic carbocycles. The molecule has 14 nitrogen and oxygen atoms in total. The highest BCUT2D eigenvalue weighted by atomic mass is 31.2. The van der Waals surface area contributed by atoms with E-state index < -0.39 is 81.8 Å². The van der Waals surface area contributed by atoms with Crippen LogP contribution in [0.3, 0.4) is 0 Å². The van der Waals surface area contributed by atoms with E-state index in [4.69, 9.17) is 18.5 Å². The highest BCUT2D eigenvalue weighted by molar-refractivity contribution is 7.47. The largest absolute Gasteiger partial charge is 0.472 e. The molecule has 0 bridgehead atoms. The number of phosphoric acid groups is 1. The molecule has 0 aliphatic heterocycles. The lowest BCUT2D eigenvalue weighted by Crippen LogP contribution is -2.64. The van der Waals surface area contributed by atoms with Gasteiger partial charge in [0.05, 0.1) is 12.7 Å². The Morgan fingerprint density at radius 3 is 1.61 bits per heavy atom. The number of aliphatic hydroxyl groups excluding tert-OH is 6. The average molecular weight is 927 g/mol. The number of aliphatic hydroxyl groups is 6. The molecule has 0 heterocycles. The highest BCUT2D eigenvalue weighted by Crippen LogP contribution is 2.47. The Kier molecular flexibility index (Phi) is 35.5. The van der Waals surface area contributed by atoms with Gasteiger partial charge >= 0.3 is 19.8 Å². The summed E-state index contributed by atoms with van der Waals surface area (Å²) in [6.45, 7) is 2.91. The molecule has 1 saturated carbocycles. The maximum absolute atomic E-state index is 12.8. The Hall–Kier alpha value is -2.75. The quantitative estimate of drug-likeness (QED) is 0.0101. The van der Waals surface area contributed by atoms with Gasteiger partial charge in [0.25, 0.3) is 0 Å². The van der Waals surface area contributed by atoms with Gasteiger partial charge in [0.15, 0.2) is 6.10 Å². The summed E-state index contributed by atoms with van der Waals surface area (Å²) in [6, 6.07) is 0. The Morgan fingerprint density at radius 2 is 1.03 bits per heavy atom. The first-order valence-corrected chi connectivity index (χ1v) is 25.3. The predicted octanol–water partition coefficient (Wildman–Crippen LogP) is 8.47. The molecule has 368 valence electrons. The van der Waals surface area contributed by atoms with Crippen LogP contribution in [0.25, 0.3) is 0 Å². The second-order valence-corrected chi connectivity index (χ2v) is 17.8. The highest BCUT2D eigenvalue weighted by Gasteiger charge is 2.51. The SMILES string of the molecule is CCCCCCCC/C=C\CCCCCCCCCC(=O)O[C@H](COC(=O)CCC/C=C\C/C=C\C/C=C\C/C=C\C=C\[C@@H](O)CC)COP(=O)(O)OC1[C@H](O)[C@H](O)C(O)[C@H](O)[C@H]1O. The van der Waals surface area contributed by atoms with E-state index >= 15 is 0 Å². The first-order chi connectivity index (χ1) is 30.8. The minimum Gasteiger partial charge on any atom is -0.462 e. The minimum absolute atomic E-state index is 0.0693. The van der Waals surface area contributed by atoms with Crippen LogP contribution in [-0.2, 0) is 32.7 Å². The zero-order chi connectivity index (χ0) is 47.3. The zero-order valence-electron chi connectivity index (χ0n) is 38.7. The molecule has 0 radical (unpaired) electrons. The molecule has 0 amide bonds. The first kappa shape index (κ1) is 59.3. The van der Waals surface area contributed by atoms with Crippen molar-refractivity contribution in [1.82, 2.24) is 0 Å². The number of rotatable bonds is 38. The Morgan fingerprint density at radius 1 is 0.562 bits per heavy atom. The molecule has 9 atom stereocenters. The summed E-state index contributed by atoms with van der Waals surface area (Å²) >= 11 is 0. The van der Waals surface area contributed by atoms with Crippen LogP contribution in [0.4, 0.5) is 0 Å². The van der Waals surface area contributed by atoms with Crippen molar-refractivity contribution in [1.29, 1.82) is 0 Å². The van der Waals surface area contributed by atoms with Crippen molar-refractivity contribution >= 4 is 19.8 Å². The fourth-order valence-electron chi connectivity index (χ4n) is 6.68. The molecule has 7 N–H and O–H groups in total. The van der Waals surface area contributed by atoms with Crippen molar-refractivity contribution in [3.63, 3.8) is 0 Å². The number of esters is 2. The third-order valence-corrected chi connectivity index (χ3v) is 11.7. The smallest absolute Gasteiger partial charge is 0.462 e. The van der Waals surface area contributed by atoms with Crippen molar-refractivity contribution in [2.75, 3.05) is 13.2 Å². The monoisotopic (exact) mass is 927 g/mol. The average Bonchev–Trinajstić information content (AvgIpc) is 3.28. The molecule has 0 saturated heterocycles. The summed E-state index contributed by atoms with van der Waals surface area (Å²) in [5.74, 6) is -1.20. The van der Waals surface area contributed by atoms with Gasteiger partial charge in [-0.2, -0.15) is 0 Å². The van der Waals surface area contributed by atoms with Gasteiger partial charge in [-0.1, -0.05) is 151 Å². The number of carbonyl (C=O) groups excluding carboxylic acids is 2. The maximum Gasteiger partial charge on any atom is 0.472 e. The van der Waals surface area contributed by atoms with Crippen LogP contribution in [0.1, 0.15) is 162 Å². The van der Waals surface area contributed by atoms with Crippen LogP contribution in [0.2, 0.25) is 0 Å². The van der Waals surface area contributed by atoms with Gasteiger partial charge in [-0.05, 0) is 70.6 Å². The van der Waals surface area contributed by atoms with Crippen molar-refractivity contribution < 1.29 is 68.2 Å². The maximum atomic E-state index is 12.8. The van der Waals surface area contributed by atoms with Gasteiger partial charge in [-0.3, -0.25) is 18.6 Å². The number of unbranched alkanes of at least 4 members (excludes halogenated alkanes) is 14. The number of carbonyl (C=O) groups is 2. The molecule has 0 aromatic heterocycles. The summed E-state index contributed by atoms with van der Waals surface area (Å²) < 4.78 is 33.5. The number of hydrogen-bond acceptors (Lipinski definition) is 13. The standard InChI is InChI=1S/C49H83O14P/c1-3-5-6-7-8-9-10-11-12-13-14-19-22-25-28-31-34-37-43(52)62-41(39-61-64(58,59)63-49-47(56)45(54)44(53)46(55)48(49)57)38-60-42(51)36-33-30-27-24-21-18-16-15-17-20-23-26-29-32-35-40(50)4-2/h11-12,16-18,20,24,26-27,29,32,35,40-41,44-50,53-57H,3-10,13-15,19,21-23,25,28,30-31,33-34,36-39H2,1-2H3,(H,58,59)/b12-11-,18-16-,20-17-,27-24-,29-26-,35-32+/t40-,41+,44?,45-,46+,47+,48+,49?/m0/s1. The van der Waals surface area contributed by atoms with E-state index in [9.17, 15) is 49.7 Å². The Labute approximate surface area is 383 Å². The summed E-state index contributed by atoms with van der Waals surface area (Å²) in [6.07, 6.45) is 31.9. The van der Waals surface area contributed by atoms with Crippen molar-refractivity contribution in [2.45, 2.75) is 210 Å². The number of ether oxygens (including phenoxy) is 2. The van der Waals surface area contributed by atoms with Gasteiger partial charge < -0.3 is 45.0 Å². The van der Waals surface area contributed by atoms with Gasteiger partial charge in [0, 0.05) is 12.8 Å². The van der Waals surface area contributed by atoms with Gasteiger partial charge in [-0.15, -0.1) is 0 Å². The van der Waals surface area contributed by atoms with E-state index in [1.54, 1.807) is 6.08 Å². The molecule has 15 heteroatoms. The van der Waals surface area contributed by atoms with Gasteiger partial charge in [-0.25, -0.2) is 4.57 Å². The lowest BCUT2D eigenvalue weighted by Gasteiger charge is -2.41. The van der Waals surface area contributed by atoms with Gasteiger partial charge in [0.1, 0.15) is 43.2 Å². The summed E-state index contributed by atoms with van der Waals surface area (Å²) in [5.41, 5.74) is 0. The van der Waals surface area contributed by atoms with E-state index in [2.05, 4.69) is 43.4 Å². The molecule has 0 spiro atoms. The molecule has 3 unspecified atom stereocenters. The number of hydrogen-bond donors (Lipinski definition) is 7. The van der Waals surface area contributed by atoms with Crippen LogP contribution in [0.5, 0.6) is 0 Å². The number of phosphoric ester groups is 1. The minimum atomic E-state index is -5.14. The van der Waals surface area contributed by atoms with Crippen LogP contribution >= 0.6 is 7.82 Å². The predicted molar refractivity (Wildman–Crippen MR) is 250 cm³/mol. The molecular weight excluding hydrogens is 843 g/mol. The summed E-state index contributed by atoms with van der Waals surface area (Å²) in [5, 5.41) is 59.7. The van der Waals surface area contributed by atoms with Crippen molar-refractivity contribution in [3.8, 4) is 0 Å². The first-order valence-electron chi connectivity index (χ1n) is 23.8. The molecule has 0 aromatic rings. The summed E-state index contributed by atoms with van der Waals surface area (Å²) in [7, 11) is -5.14. The van der Waals surface area contributed by atoms with E-state index in [0.29, 0.717) is 25.7 Å². The van der Waals surface area contributed by atoms with E-state index in [1.807, 2.05) is 37.3 Å². The Bertz CT molecular complexity index is 1410. The van der Waals surface area contributed by atoms with Crippen LogP contribution in [-0.4, -0.2) is 110 Å². The third kappa shape index (κ3) is 30.5. The topological polar surface area (TPSA) is 230 Å². The van der Waals surface area contributed by atoms with Gasteiger partial charge in [0.2, 0.25) is 0 Å². The third-order valence-electron chi connectivity index (χ3n) is 10.7. The van der Waals surface area contributed by atoms with E-state index in [-0.39, 0.29) is 12.8 Å².